The molecule has 0 spiro atoms. The second-order valence-electron chi connectivity index (χ2n) is 4.33. The normalized spacial score (nSPS) is 12.0. The van der Waals surface area contributed by atoms with Crippen LogP contribution in [0.4, 0.5) is 4.39 Å². The first-order valence-corrected chi connectivity index (χ1v) is 9.04. The van der Waals surface area contributed by atoms with Crippen molar-refractivity contribution in [2.45, 2.75) is 58.5 Å². The molecule has 0 saturated heterocycles. The van der Waals surface area contributed by atoms with Crippen molar-refractivity contribution in [3.63, 3.8) is 0 Å². The van der Waals surface area contributed by atoms with Gasteiger partial charge in [-0.25, -0.2) is 0 Å². The molecule has 0 aliphatic heterocycles. The van der Waals surface area contributed by atoms with Crippen LogP contribution < -0.4 is 0 Å². The Labute approximate surface area is 101 Å². The first kappa shape index (κ1) is 16.1. The van der Waals surface area contributed by atoms with Crippen LogP contribution in [0.15, 0.2) is 0 Å². The number of hydrogen-bond acceptors (Lipinski definition) is 2. The van der Waals surface area contributed by atoms with Crippen molar-refractivity contribution in [2.75, 3.05) is 19.9 Å². The molecule has 98 valence electrons. The minimum absolute atomic E-state index is 0.267. The quantitative estimate of drug-likeness (QED) is 0.407. The fourth-order valence-corrected chi connectivity index (χ4v) is 3.74. The Morgan fingerprint density at radius 3 is 1.81 bits per heavy atom. The van der Waals surface area contributed by atoms with Gasteiger partial charge in [0.2, 0.25) is 0 Å². The van der Waals surface area contributed by atoms with Crippen LogP contribution in [0.1, 0.15) is 46.0 Å². The van der Waals surface area contributed by atoms with Crippen LogP contribution in [0.5, 0.6) is 0 Å². The van der Waals surface area contributed by atoms with E-state index in [4.69, 9.17) is 8.85 Å². The van der Waals surface area contributed by atoms with Crippen molar-refractivity contribution in [3.05, 3.63) is 0 Å². The lowest BCUT2D eigenvalue weighted by Gasteiger charge is -2.26. The van der Waals surface area contributed by atoms with E-state index in [0.29, 0.717) is 6.42 Å². The second kappa shape index (κ2) is 10.2. The summed E-state index contributed by atoms with van der Waals surface area (Å²) in [5.74, 6) is 0. The summed E-state index contributed by atoms with van der Waals surface area (Å²) in [5.41, 5.74) is 0. The smallest absolute Gasteiger partial charge is 0.335 e. The average Bonchev–Trinajstić information content (AvgIpc) is 2.27. The van der Waals surface area contributed by atoms with Crippen LogP contribution in [0.3, 0.4) is 0 Å². The van der Waals surface area contributed by atoms with E-state index in [0.717, 1.165) is 44.9 Å². The Balaban J connectivity index is 3.91. The van der Waals surface area contributed by atoms with E-state index in [1.54, 1.807) is 0 Å². The summed E-state index contributed by atoms with van der Waals surface area (Å²) in [4.78, 5) is 0. The van der Waals surface area contributed by atoms with E-state index in [-0.39, 0.29) is 6.67 Å². The highest BCUT2D eigenvalue weighted by molar-refractivity contribution is 6.66. The molecule has 0 atom stereocenters. The molecule has 4 heteroatoms. The van der Waals surface area contributed by atoms with Gasteiger partial charge in [0, 0.05) is 13.2 Å². The maximum absolute atomic E-state index is 12.2. The van der Waals surface area contributed by atoms with Gasteiger partial charge in [0.15, 0.2) is 0 Å². The van der Waals surface area contributed by atoms with Crippen LogP contribution in [0.25, 0.3) is 0 Å². The van der Waals surface area contributed by atoms with Gasteiger partial charge in [0.1, 0.15) is 0 Å². The SMILES string of the molecule is CCCCO[Si](C)(CCCF)OCCCC. The molecule has 0 radical (unpaired) electrons. The number of rotatable bonds is 11. The highest BCUT2D eigenvalue weighted by Crippen LogP contribution is 2.17. The van der Waals surface area contributed by atoms with E-state index in [1.807, 2.05) is 0 Å². The molecule has 0 N–H and O–H groups in total. The summed E-state index contributed by atoms with van der Waals surface area (Å²) in [5, 5.41) is 0. The first-order chi connectivity index (χ1) is 7.68. The first-order valence-electron chi connectivity index (χ1n) is 6.52. The third kappa shape index (κ3) is 8.25. The van der Waals surface area contributed by atoms with Crippen molar-refractivity contribution in [2.24, 2.45) is 0 Å². The van der Waals surface area contributed by atoms with Crippen molar-refractivity contribution >= 4 is 8.56 Å². The Morgan fingerprint density at radius 2 is 1.44 bits per heavy atom. The monoisotopic (exact) mass is 250 g/mol. The molecule has 16 heavy (non-hydrogen) atoms. The van der Waals surface area contributed by atoms with E-state index in [9.17, 15) is 4.39 Å². The van der Waals surface area contributed by atoms with Crippen LogP contribution in [-0.4, -0.2) is 28.4 Å². The van der Waals surface area contributed by atoms with Gasteiger partial charge in [-0.05, 0) is 31.9 Å². The molecule has 0 aliphatic rings. The van der Waals surface area contributed by atoms with Crippen LogP contribution in [0, 0.1) is 0 Å². The standard InChI is InChI=1S/C12H27FO2Si/c1-4-6-10-14-16(3,12-8-9-13)15-11-7-5-2/h4-12H2,1-3H3. The highest BCUT2D eigenvalue weighted by atomic mass is 28.4. The molecule has 0 heterocycles. The average molecular weight is 250 g/mol. The molecule has 0 aromatic heterocycles. The van der Waals surface area contributed by atoms with E-state index in [2.05, 4.69) is 20.4 Å². The lowest BCUT2D eigenvalue weighted by atomic mass is 10.4. The Kier molecular flexibility index (Phi) is 10.3. The van der Waals surface area contributed by atoms with Gasteiger partial charge in [-0.1, -0.05) is 26.7 Å². The Hall–Kier alpha value is 0.0669. The van der Waals surface area contributed by atoms with Gasteiger partial charge < -0.3 is 8.85 Å². The molecular formula is C12H27FO2Si. The summed E-state index contributed by atoms with van der Waals surface area (Å²) in [6, 6.07) is 0.775. The summed E-state index contributed by atoms with van der Waals surface area (Å²) in [7, 11) is -2.08. The maximum atomic E-state index is 12.2. The Bertz CT molecular complexity index is 146. The van der Waals surface area contributed by atoms with Gasteiger partial charge in [-0.3, -0.25) is 4.39 Å². The molecule has 0 aliphatic carbocycles. The topological polar surface area (TPSA) is 18.5 Å². The molecule has 0 rings (SSSR count). The van der Waals surface area contributed by atoms with E-state index < -0.39 is 8.56 Å². The lowest BCUT2D eigenvalue weighted by molar-refractivity contribution is 0.167. The van der Waals surface area contributed by atoms with E-state index >= 15 is 0 Å². The molecule has 0 saturated carbocycles. The molecule has 0 aromatic rings. The summed E-state index contributed by atoms with van der Waals surface area (Å²) >= 11 is 0. The maximum Gasteiger partial charge on any atom is 0.335 e. The minimum atomic E-state index is -2.08. The number of alkyl halides is 1. The van der Waals surface area contributed by atoms with Crippen molar-refractivity contribution in [1.82, 2.24) is 0 Å². The van der Waals surface area contributed by atoms with Gasteiger partial charge in [0.05, 0.1) is 6.67 Å². The van der Waals surface area contributed by atoms with Crippen LogP contribution >= 0.6 is 0 Å². The number of hydrogen-bond donors (Lipinski definition) is 0. The number of unbranched alkanes of at least 4 members (excludes halogenated alkanes) is 2. The lowest BCUT2D eigenvalue weighted by Crippen LogP contribution is -2.39. The highest BCUT2D eigenvalue weighted by Gasteiger charge is 2.30. The third-order valence-electron chi connectivity index (χ3n) is 2.58. The molecule has 0 unspecified atom stereocenters. The largest absolute Gasteiger partial charge is 0.394 e. The minimum Gasteiger partial charge on any atom is -0.394 e. The fourth-order valence-electron chi connectivity index (χ4n) is 1.44. The zero-order valence-corrected chi connectivity index (χ0v) is 12.1. The predicted octanol–water partition coefficient (Wildman–Crippen LogP) is 4.05. The summed E-state index contributed by atoms with van der Waals surface area (Å²) in [6.07, 6.45) is 4.96. The molecule has 0 bridgehead atoms. The molecule has 0 fully saturated rings. The summed E-state index contributed by atoms with van der Waals surface area (Å²) in [6.45, 7) is 7.60. The Morgan fingerprint density at radius 1 is 0.938 bits per heavy atom. The van der Waals surface area contributed by atoms with Crippen LogP contribution in [-0.2, 0) is 8.85 Å². The zero-order chi connectivity index (χ0) is 12.3. The van der Waals surface area contributed by atoms with Crippen molar-refractivity contribution in [3.8, 4) is 0 Å². The van der Waals surface area contributed by atoms with Gasteiger partial charge >= 0.3 is 8.56 Å². The van der Waals surface area contributed by atoms with Crippen molar-refractivity contribution in [1.29, 1.82) is 0 Å². The van der Waals surface area contributed by atoms with E-state index in [1.165, 1.54) is 0 Å². The molecule has 0 aromatic carbocycles. The predicted molar refractivity (Wildman–Crippen MR) is 68.7 cm³/mol. The summed E-state index contributed by atoms with van der Waals surface area (Å²) < 4.78 is 23.9. The van der Waals surface area contributed by atoms with Gasteiger partial charge in [-0.2, -0.15) is 0 Å². The van der Waals surface area contributed by atoms with Crippen molar-refractivity contribution < 1.29 is 13.2 Å². The molecule has 2 nitrogen and oxygen atoms in total. The molecular weight excluding hydrogens is 223 g/mol. The fraction of sp³-hybridized carbons (Fsp3) is 1.00. The van der Waals surface area contributed by atoms with Gasteiger partial charge in [0.25, 0.3) is 0 Å². The number of halogens is 1. The zero-order valence-electron chi connectivity index (χ0n) is 11.1. The third-order valence-corrected chi connectivity index (χ3v) is 5.47. The van der Waals surface area contributed by atoms with Crippen LogP contribution in [0.2, 0.25) is 12.6 Å². The second-order valence-corrected chi connectivity index (χ2v) is 7.68. The molecule has 0 amide bonds. The van der Waals surface area contributed by atoms with Gasteiger partial charge in [-0.15, -0.1) is 0 Å².